The molecule has 0 bridgehead atoms. The Labute approximate surface area is 91.7 Å². The van der Waals surface area contributed by atoms with Gasteiger partial charge in [-0.3, -0.25) is 5.10 Å². The van der Waals surface area contributed by atoms with E-state index in [0.29, 0.717) is 6.04 Å². The lowest BCUT2D eigenvalue weighted by molar-refractivity contribution is 0.612. The van der Waals surface area contributed by atoms with Crippen LogP contribution >= 0.6 is 0 Å². The molecule has 3 heteroatoms. The number of rotatable bonds is 2. The van der Waals surface area contributed by atoms with Crippen LogP contribution in [-0.2, 0) is 12.8 Å². The number of aromatic nitrogens is 2. The number of H-pyrrole nitrogens is 1. The van der Waals surface area contributed by atoms with Gasteiger partial charge in [-0.2, -0.15) is 5.10 Å². The Morgan fingerprint density at radius 2 is 1.87 bits per heavy atom. The monoisotopic (exact) mass is 207 g/mol. The van der Waals surface area contributed by atoms with Crippen LogP contribution in [0.4, 0.5) is 5.82 Å². The molecule has 0 saturated heterocycles. The largest absolute Gasteiger partial charge is 0.366 e. The zero-order chi connectivity index (χ0) is 10.7. The van der Waals surface area contributed by atoms with Crippen molar-refractivity contribution >= 4 is 5.82 Å². The van der Waals surface area contributed by atoms with E-state index in [4.69, 9.17) is 0 Å². The van der Waals surface area contributed by atoms with Crippen molar-refractivity contribution in [3.8, 4) is 0 Å². The van der Waals surface area contributed by atoms with Crippen LogP contribution in [0.1, 0.15) is 50.8 Å². The zero-order valence-electron chi connectivity index (χ0n) is 9.77. The molecule has 0 amide bonds. The number of fused-ring (bicyclic) bond motifs is 1. The standard InChI is InChI=1S/C12H21N3/c1-9(2)13-12-10-7-5-3-4-6-8-11(10)14-15-12/h9H,3-8H2,1-2H3,(H2,13,14,15). The van der Waals surface area contributed by atoms with E-state index < -0.39 is 0 Å². The lowest BCUT2D eigenvalue weighted by Gasteiger charge is -2.12. The second kappa shape index (κ2) is 4.69. The maximum absolute atomic E-state index is 4.39. The Morgan fingerprint density at radius 1 is 1.13 bits per heavy atom. The highest BCUT2D eigenvalue weighted by Crippen LogP contribution is 2.24. The van der Waals surface area contributed by atoms with Gasteiger partial charge in [0.25, 0.3) is 0 Å². The summed E-state index contributed by atoms with van der Waals surface area (Å²) in [6.45, 7) is 4.31. The molecule has 0 unspecified atom stereocenters. The van der Waals surface area contributed by atoms with Crippen LogP contribution in [0.15, 0.2) is 0 Å². The minimum Gasteiger partial charge on any atom is -0.366 e. The molecular formula is C12H21N3. The summed E-state index contributed by atoms with van der Waals surface area (Å²) in [6, 6.07) is 0.461. The van der Waals surface area contributed by atoms with Crippen LogP contribution in [0.3, 0.4) is 0 Å². The van der Waals surface area contributed by atoms with Crippen molar-refractivity contribution in [3.63, 3.8) is 0 Å². The minimum atomic E-state index is 0.461. The molecule has 2 N–H and O–H groups in total. The smallest absolute Gasteiger partial charge is 0.151 e. The summed E-state index contributed by atoms with van der Waals surface area (Å²) >= 11 is 0. The van der Waals surface area contributed by atoms with Crippen molar-refractivity contribution < 1.29 is 0 Å². The summed E-state index contributed by atoms with van der Waals surface area (Å²) in [7, 11) is 0. The molecule has 84 valence electrons. The van der Waals surface area contributed by atoms with Gasteiger partial charge in [-0.15, -0.1) is 0 Å². The van der Waals surface area contributed by atoms with Crippen molar-refractivity contribution in [1.82, 2.24) is 10.2 Å². The molecule has 1 aromatic rings. The Balaban J connectivity index is 2.18. The summed E-state index contributed by atoms with van der Waals surface area (Å²) in [5, 5.41) is 11.0. The van der Waals surface area contributed by atoms with Gasteiger partial charge in [-0.1, -0.05) is 12.8 Å². The number of anilines is 1. The van der Waals surface area contributed by atoms with Crippen molar-refractivity contribution in [2.75, 3.05) is 5.32 Å². The van der Waals surface area contributed by atoms with Gasteiger partial charge >= 0.3 is 0 Å². The van der Waals surface area contributed by atoms with Gasteiger partial charge < -0.3 is 5.32 Å². The van der Waals surface area contributed by atoms with Crippen molar-refractivity contribution in [2.45, 2.75) is 58.4 Å². The molecule has 1 aliphatic carbocycles. The van der Waals surface area contributed by atoms with E-state index in [1.165, 1.54) is 49.8 Å². The Kier molecular flexibility index (Phi) is 3.29. The van der Waals surface area contributed by atoms with Gasteiger partial charge in [0.2, 0.25) is 0 Å². The van der Waals surface area contributed by atoms with Crippen LogP contribution in [0.5, 0.6) is 0 Å². The summed E-state index contributed by atoms with van der Waals surface area (Å²) in [5.74, 6) is 1.09. The normalized spacial score (nSPS) is 17.0. The second-order valence-corrected chi connectivity index (χ2v) is 4.74. The molecule has 1 aromatic heterocycles. The van der Waals surface area contributed by atoms with E-state index >= 15 is 0 Å². The van der Waals surface area contributed by atoms with Crippen molar-refractivity contribution in [2.24, 2.45) is 0 Å². The quantitative estimate of drug-likeness (QED) is 0.783. The van der Waals surface area contributed by atoms with Crippen LogP contribution in [0.25, 0.3) is 0 Å². The predicted molar refractivity (Wildman–Crippen MR) is 63.2 cm³/mol. The first kappa shape index (κ1) is 10.5. The molecule has 1 heterocycles. The highest BCUT2D eigenvalue weighted by Gasteiger charge is 2.14. The fourth-order valence-electron chi connectivity index (χ4n) is 2.23. The maximum Gasteiger partial charge on any atom is 0.151 e. The van der Waals surface area contributed by atoms with Crippen LogP contribution in [-0.4, -0.2) is 16.2 Å². The fraction of sp³-hybridized carbons (Fsp3) is 0.750. The summed E-state index contributed by atoms with van der Waals surface area (Å²) in [4.78, 5) is 0. The third kappa shape index (κ3) is 2.52. The SMILES string of the molecule is CC(C)Nc1n[nH]c2c1CCCCCC2. The average molecular weight is 207 g/mol. The Bertz CT molecular complexity index is 315. The van der Waals surface area contributed by atoms with E-state index in [1.807, 2.05) is 0 Å². The van der Waals surface area contributed by atoms with E-state index in [1.54, 1.807) is 0 Å². The molecule has 15 heavy (non-hydrogen) atoms. The molecular weight excluding hydrogens is 186 g/mol. The lowest BCUT2D eigenvalue weighted by atomic mass is 9.98. The average Bonchev–Trinajstić information content (AvgIpc) is 2.46. The van der Waals surface area contributed by atoms with Crippen LogP contribution < -0.4 is 5.32 Å². The number of aryl methyl sites for hydroxylation is 1. The molecule has 2 rings (SSSR count). The number of nitrogens with zero attached hydrogens (tertiary/aromatic N) is 1. The molecule has 0 saturated carbocycles. The van der Waals surface area contributed by atoms with Gasteiger partial charge in [-0.05, 0) is 39.5 Å². The highest BCUT2D eigenvalue weighted by molar-refractivity contribution is 5.47. The van der Waals surface area contributed by atoms with Crippen molar-refractivity contribution in [1.29, 1.82) is 0 Å². The predicted octanol–water partition coefficient (Wildman–Crippen LogP) is 2.89. The summed E-state index contributed by atoms with van der Waals surface area (Å²) in [6.07, 6.45) is 7.69. The first-order valence-corrected chi connectivity index (χ1v) is 6.10. The minimum absolute atomic E-state index is 0.461. The third-order valence-electron chi connectivity index (χ3n) is 2.98. The van der Waals surface area contributed by atoms with Gasteiger partial charge in [0, 0.05) is 17.3 Å². The maximum atomic E-state index is 4.39. The van der Waals surface area contributed by atoms with Crippen LogP contribution in [0.2, 0.25) is 0 Å². The Morgan fingerprint density at radius 3 is 2.60 bits per heavy atom. The summed E-state index contributed by atoms with van der Waals surface area (Å²) in [5.41, 5.74) is 2.79. The van der Waals surface area contributed by atoms with Gasteiger partial charge in [0.1, 0.15) is 0 Å². The molecule has 0 radical (unpaired) electrons. The van der Waals surface area contributed by atoms with Gasteiger partial charge in [-0.25, -0.2) is 0 Å². The molecule has 0 aliphatic heterocycles. The highest BCUT2D eigenvalue weighted by atomic mass is 15.2. The zero-order valence-corrected chi connectivity index (χ0v) is 9.77. The molecule has 0 atom stereocenters. The number of nitrogens with one attached hydrogen (secondary N) is 2. The molecule has 3 nitrogen and oxygen atoms in total. The topological polar surface area (TPSA) is 40.7 Å². The lowest BCUT2D eigenvalue weighted by Crippen LogP contribution is -2.12. The first-order chi connectivity index (χ1) is 7.27. The number of hydrogen-bond acceptors (Lipinski definition) is 2. The van der Waals surface area contributed by atoms with Gasteiger partial charge in [0.15, 0.2) is 5.82 Å². The Hall–Kier alpha value is -0.990. The molecule has 1 aliphatic rings. The van der Waals surface area contributed by atoms with Crippen molar-refractivity contribution in [3.05, 3.63) is 11.3 Å². The molecule has 0 aromatic carbocycles. The van der Waals surface area contributed by atoms with E-state index in [9.17, 15) is 0 Å². The van der Waals surface area contributed by atoms with E-state index in [-0.39, 0.29) is 0 Å². The first-order valence-electron chi connectivity index (χ1n) is 6.10. The molecule has 0 spiro atoms. The van der Waals surface area contributed by atoms with E-state index in [0.717, 1.165) is 5.82 Å². The molecule has 0 fully saturated rings. The number of hydrogen-bond donors (Lipinski definition) is 2. The van der Waals surface area contributed by atoms with Crippen LogP contribution in [0, 0.1) is 0 Å². The summed E-state index contributed by atoms with van der Waals surface area (Å²) < 4.78 is 0. The van der Waals surface area contributed by atoms with Gasteiger partial charge in [0.05, 0.1) is 0 Å². The van der Waals surface area contributed by atoms with E-state index in [2.05, 4.69) is 29.4 Å². The fourth-order valence-corrected chi connectivity index (χ4v) is 2.23. The third-order valence-corrected chi connectivity index (χ3v) is 2.98. The number of aromatic amines is 1. The second-order valence-electron chi connectivity index (χ2n) is 4.74.